The monoisotopic (exact) mass is 478 g/mol. The van der Waals surface area contributed by atoms with Gasteiger partial charge in [-0.05, 0) is 51.4 Å². The minimum atomic E-state index is -0.0368. The average molecular weight is 478 g/mol. The summed E-state index contributed by atoms with van der Waals surface area (Å²) >= 11 is 0. The number of nitrogens with zero attached hydrogens (tertiary/aromatic N) is 3. The van der Waals surface area contributed by atoms with Crippen LogP contribution in [0.1, 0.15) is 45.4 Å². The molecule has 0 aromatic heterocycles. The molecule has 0 spiro atoms. The predicted molar refractivity (Wildman–Crippen MR) is 115 cm³/mol. The van der Waals surface area contributed by atoms with E-state index in [-0.39, 0.29) is 35.9 Å². The third kappa shape index (κ3) is 6.55. The molecule has 3 fully saturated rings. The first-order chi connectivity index (χ1) is 12.2. The molecule has 0 radical (unpaired) electrons. The first-order valence-corrected chi connectivity index (χ1v) is 10.1. The van der Waals surface area contributed by atoms with Crippen LogP contribution in [0.15, 0.2) is 4.99 Å². The second-order valence-electron chi connectivity index (χ2n) is 7.66. The number of piperidine rings is 1. The van der Waals surface area contributed by atoms with Crippen LogP contribution in [0.2, 0.25) is 0 Å². The van der Waals surface area contributed by atoms with Gasteiger partial charge in [0.25, 0.3) is 0 Å². The van der Waals surface area contributed by atoms with Crippen LogP contribution < -0.4 is 5.32 Å². The fraction of sp³-hybridized carbons (Fsp3) is 0.895. The molecule has 0 bridgehead atoms. The highest BCUT2D eigenvalue weighted by Gasteiger charge is 2.33. The van der Waals surface area contributed by atoms with E-state index in [4.69, 9.17) is 4.74 Å². The van der Waals surface area contributed by atoms with Crippen LogP contribution in [0.25, 0.3) is 0 Å². The van der Waals surface area contributed by atoms with Gasteiger partial charge in [0.15, 0.2) is 5.96 Å². The quantitative estimate of drug-likeness (QED) is 0.251. The Labute approximate surface area is 175 Å². The summed E-state index contributed by atoms with van der Waals surface area (Å²) in [7, 11) is 1.85. The lowest BCUT2D eigenvalue weighted by Gasteiger charge is -2.33. The van der Waals surface area contributed by atoms with Gasteiger partial charge >= 0.3 is 5.97 Å². The maximum atomic E-state index is 11.9. The molecule has 26 heavy (non-hydrogen) atoms. The van der Waals surface area contributed by atoms with Gasteiger partial charge in [0.2, 0.25) is 0 Å². The molecule has 0 unspecified atom stereocenters. The zero-order chi connectivity index (χ0) is 17.6. The Morgan fingerprint density at radius 3 is 2.42 bits per heavy atom. The van der Waals surface area contributed by atoms with Gasteiger partial charge in [0.05, 0.1) is 12.5 Å². The molecule has 0 aromatic rings. The highest BCUT2D eigenvalue weighted by molar-refractivity contribution is 14.0. The largest absolute Gasteiger partial charge is 0.466 e. The summed E-state index contributed by atoms with van der Waals surface area (Å²) in [4.78, 5) is 21.3. The van der Waals surface area contributed by atoms with Crippen molar-refractivity contribution in [3.63, 3.8) is 0 Å². The molecule has 0 aromatic carbocycles. The summed E-state index contributed by atoms with van der Waals surface area (Å²) in [5, 5.41) is 3.53. The lowest BCUT2D eigenvalue weighted by molar-refractivity contribution is -0.149. The van der Waals surface area contributed by atoms with Crippen LogP contribution in [-0.4, -0.2) is 74.1 Å². The molecule has 6 nitrogen and oxygen atoms in total. The second-order valence-corrected chi connectivity index (χ2v) is 7.66. The van der Waals surface area contributed by atoms with Gasteiger partial charge in [0.1, 0.15) is 0 Å². The summed E-state index contributed by atoms with van der Waals surface area (Å²) in [6, 6.07) is 0.838. The van der Waals surface area contributed by atoms with Gasteiger partial charge in [-0.2, -0.15) is 0 Å². The van der Waals surface area contributed by atoms with Gasteiger partial charge in [-0.25, -0.2) is 0 Å². The number of likely N-dealkylation sites (tertiary alicyclic amines) is 1. The summed E-state index contributed by atoms with van der Waals surface area (Å²) < 4.78 is 5.15. The third-order valence-corrected chi connectivity index (χ3v) is 5.56. The van der Waals surface area contributed by atoms with Crippen LogP contribution in [0.3, 0.4) is 0 Å². The topological polar surface area (TPSA) is 57.2 Å². The second kappa shape index (κ2) is 10.7. The van der Waals surface area contributed by atoms with Crippen molar-refractivity contribution in [3.05, 3.63) is 0 Å². The molecular formula is C19H35IN4O2. The highest BCUT2D eigenvalue weighted by Crippen LogP contribution is 2.34. The number of carbonyl (C=O) groups excluding carboxylic acids is 1. The van der Waals surface area contributed by atoms with Crippen molar-refractivity contribution < 1.29 is 9.53 Å². The fourth-order valence-corrected chi connectivity index (χ4v) is 3.73. The standard InChI is InChI=1S/C19H34N4O2.HI/c1-3-25-18(24)16-8-11-22(12-9-16)19(20-2)21-10-13-23(17-6-7-17)14-15-4-5-15;/h15-17H,3-14H2,1-2H3,(H,20,21);1H. The van der Waals surface area contributed by atoms with Crippen molar-refractivity contribution in [2.24, 2.45) is 16.8 Å². The van der Waals surface area contributed by atoms with E-state index in [1.165, 1.54) is 32.2 Å². The molecule has 1 heterocycles. The number of hydrogen-bond donors (Lipinski definition) is 1. The zero-order valence-corrected chi connectivity index (χ0v) is 18.6. The summed E-state index contributed by atoms with van der Waals surface area (Å²) in [6.07, 6.45) is 7.32. The van der Waals surface area contributed by atoms with Gasteiger partial charge in [-0.1, -0.05) is 0 Å². The number of aliphatic imine (C=N–C) groups is 1. The summed E-state index contributed by atoms with van der Waals surface area (Å²) in [6.45, 7) is 7.44. The molecule has 3 aliphatic rings. The Bertz CT molecular complexity index is 472. The van der Waals surface area contributed by atoms with Crippen molar-refractivity contribution in [1.82, 2.24) is 15.1 Å². The maximum absolute atomic E-state index is 11.9. The lowest BCUT2D eigenvalue weighted by atomic mass is 9.97. The molecule has 3 rings (SSSR count). The molecular weight excluding hydrogens is 443 g/mol. The average Bonchev–Trinajstić information content (AvgIpc) is 3.52. The Morgan fingerprint density at radius 1 is 1.19 bits per heavy atom. The SMILES string of the molecule is CCOC(=O)C1CCN(C(=NC)NCCN(CC2CC2)C2CC2)CC1.I. The van der Waals surface area contributed by atoms with Crippen LogP contribution >= 0.6 is 24.0 Å². The maximum Gasteiger partial charge on any atom is 0.309 e. The Morgan fingerprint density at radius 2 is 1.88 bits per heavy atom. The summed E-state index contributed by atoms with van der Waals surface area (Å²) in [5.74, 6) is 1.95. The van der Waals surface area contributed by atoms with E-state index < -0.39 is 0 Å². The number of rotatable bonds is 8. The molecule has 1 saturated heterocycles. The van der Waals surface area contributed by atoms with E-state index in [1.807, 2.05) is 14.0 Å². The van der Waals surface area contributed by atoms with Crippen LogP contribution in [-0.2, 0) is 9.53 Å². The van der Waals surface area contributed by atoms with Crippen molar-refractivity contribution >= 4 is 35.9 Å². The van der Waals surface area contributed by atoms with Gasteiger partial charge in [-0.15, -0.1) is 24.0 Å². The van der Waals surface area contributed by atoms with E-state index in [1.54, 1.807) is 0 Å². The molecule has 2 saturated carbocycles. The Balaban J connectivity index is 0.00000243. The molecule has 2 aliphatic carbocycles. The number of guanidine groups is 1. The number of ether oxygens (including phenoxy) is 1. The van der Waals surface area contributed by atoms with E-state index in [0.717, 1.165) is 56.9 Å². The zero-order valence-electron chi connectivity index (χ0n) is 16.3. The van der Waals surface area contributed by atoms with Crippen LogP contribution in [0.4, 0.5) is 0 Å². The Hall–Kier alpha value is -0.570. The molecule has 1 N–H and O–H groups in total. The van der Waals surface area contributed by atoms with Crippen LogP contribution in [0.5, 0.6) is 0 Å². The van der Waals surface area contributed by atoms with E-state index in [0.29, 0.717) is 6.61 Å². The molecule has 0 amide bonds. The summed E-state index contributed by atoms with van der Waals surface area (Å²) in [5.41, 5.74) is 0. The minimum absolute atomic E-state index is 0. The lowest BCUT2D eigenvalue weighted by Crippen LogP contribution is -2.48. The van der Waals surface area contributed by atoms with E-state index >= 15 is 0 Å². The normalized spacial score (nSPS) is 21.5. The van der Waals surface area contributed by atoms with Crippen molar-refractivity contribution in [1.29, 1.82) is 0 Å². The number of halogens is 1. The number of hydrogen-bond acceptors (Lipinski definition) is 4. The minimum Gasteiger partial charge on any atom is -0.466 e. The predicted octanol–water partition coefficient (Wildman–Crippen LogP) is 2.33. The van der Waals surface area contributed by atoms with E-state index in [9.17, 15) is 4.79 Å². The first-order valence-electron chi connectivity index (χ1n) is 10.1. The van der Waals surface area contributed by atoms with Crippen molar-refractivity contribution in [3.8, 4) is 0 Å². The van der Waals surface area contributed by atoms with E-state index in [2.05, 4.69) is 20.1 Å². The Kier molecular flexibility index (Phi) is 8.93. The fourth-order valence-electron chi connectivity index (χ4n) is 3.73. The molecule has 0 atom stereocenters. The van der Waals surface area contributed by atoms with Crippen molar-refractivity contribution in [2.45, 2.75) is 51.5 Å². The van der Waals surface area contributed by atoms with Crippen molar-refractivity contribution in [2.75, 3.05) is 46.4 Å². The third-order valence-electron chi connectivity index (χ3n) is 5.56. The number of carbonyl (C=O) groups is 1. The first kappa shape index (κ1) is 21.7. The molecule has 7 heteroatoms. The number of nitrogens with one attached hydrogen (secondary N) is 1. The smallest absolute Gasteiger partial charge is 0.309 e. The van der Waals surface area contributed by atoms with Gasteiger partial charge in [0, 0.05) is 45.8 Å². The molecule has 1 aliphatic heterocycles. The van der Waals surface area contributed by atoms with Crippen LogP contribution in [0, 0.1) is 11.8 Å². The molecule has 150 valence electrons. The number of esters is 1. The highest BCUT2D eigenvalue weighted by atomic mass is 127. The van der Waals surface area contributed by atoms with Gasteiger partial charge in [-0.3, -0.25) is 14.7 Å². The van der Waals surface area contributed by atoms with Gasteiger partial charge < -0.3 is 15.0 Å².